The van der Waals surface area contributed by atoms with Gasteiger partial charge in [-0.2, -0.15) is 0 Å². The monoisotopic (exact) mass is 403 g/mol. The van der Waals surface area contributed by atoms with Crippen LogP contribution in [0, 0.1) is 0 Å². The third-order valence-electron chi connectivity index (χ3n) is 4.06. The van der Waals surface area contributed by atoms with Crippen LogP contribution < -0.4 is 0 Å². The first-order chi connectivity index (χ1) is 11.4. The molecule has 3 rings (SSSR count). The molecule has 1 aliphatic rings. The van der Waals surface area contributed by atoms with Crippen molar-refractivity contribution in [2.45, 2.75) is 11.7 Å². The summed E-state index contributed by atoms with van der Waals surface area (Å²) in [6.45, 7) is 0.543. The fourth-order valence-electron chi connectivity index (χ4n) is 2.82. The third-order valence-corrected chi connectivity index (χ3v) is 7.74. The first-order valence-corrected chi connectivity index (χ1v) is 10.7. The Kier molecular flexibility index (Phi) is 5.20. The van der Waals surface area contributed by atoms with Crippen LogP contribution in [0.2, 0.25) is 9.36 Å². The summed E-state index contributed by atoms with van der Waals surface area (Å²) in [5.74, 6) is -0.254. The molecule has 1 amide bonds. The lowest BCUT2D eigenvalue weighted by atomic mass is 10.1. The zero-order valence-electron chi connectivity index (χ0n) is 12.6. The van der Waals surface area contributed by atoms with E-state index in [0.29, 0.717) is 32.8 Å². The van der Waals surface area contributed by atoms with Crippen LogP contribution in [-0.4, -0.2) is 38.1 Å². The molecule has 1 aliphatic heterocycles. The maximum absolute atomic E-state index is 12.6. The summed E-state index contributed by atoms with van der Waals surface area (Å²) in [7, 11) is -3.38. The lowest BCUT2D eigenvalue weighted by molar-refractivity contribution is 0.0771. The molecule has 0 bridgehead atoms. The van der Waals surface area contributed by atoms with Crippen LogP contribution in [0.5, 0.6) is 0 Å². The minimum Gasteiger partial charge on any atom is -0.337 e. The van der Waals surface area contributed by atoms with E-state index >= 15 is 0 Å². The second-order valence-electron chi connectivity index (χ2n) is 5.56. The van der Waals surface area contributed by atoms with Gasteiger partial charge in [-0.1, -0.05) is 41.4 Å². The number of nitrogens with zero attached hydrogens (tertiary/aromatic N) is 1. The van der Waals surface area contributed by atoms with Gasteiger partial charge in [0.1, 0.15) is 0 Å². The van der Waals surface area contributed by atoms with Crippen molar-refractivity contribution in [3.8, 4) is 0 Å². The highest BCUT2D eigenvalue weighted by atomic mass is 35.5. The number of hydrogen-bond donors (Lipinski definition) is 0. The lowest BCUT2D eigenvalue weighted by Crippen LogP contribution is -2.33. The third kappa shape index (κ3) is 3.61. The largest absolute Gasteiger partial charge is 0.337 e. The van der Waals surface area contributed by atoms with Crippen molar-refractivity contribution in [2.75, 3.05) is 18.8 Å². The van der Waals surface area contributed by atoms with Gasteiger partial charge in [-0.25, -0.2) is 8.42 Å². The summed E-state index contributed by atoms with van der Waals surface area (Å²) in [4.78, 5) is 14.6. The SMILES string of the molecule is O=C(c1ccc(Cl)s1)N1CC[C@@H](c2ccccc2Cl)S(=O)(=O)CC1. The first kappa shape index (κ1) is 17.7. The van der Waals surface area contributed by atoms with E-state index in [9.17, 15) is 13.2 Å². The molecule has 128 valence electrons. The van der Waals surface area contributed by atoms with Gasteiger partial charge in [0, 0.05) is 18.1 Å². The topological polar surface area (TPSA) is 54.5 Å². The van der Waals surface area contributed by atoms with Crippen molar-refractivity contribution < 1.29 is 13.2 Å². The molecule has 2 heterocycles. The van der Waals surface area contributed by atoms with Crippen LogP contribution in [0.1, 0.15) is 26.9 Å². The van der Waals surface area contributed by atoms with E-state index in [2.05, 4.69) is 0 Å². The first-order valence-electron chi connectivity index (χ1n) is 7.39. The van der Waals surface area contributed by atoms with Gasteiger partial charge in [-0.15, -0.1) is 11.3 Å². The number of halogens is 2. The predicted octanol–water partition coefficient (Wildman–Crippen LogP) is 4.06. The zero-order chi connectivity index (χ0) is 17.3. The van der Waals surface area contributed by atoms with Gasteiger partial charge >= 0.3 is 0 Å². The number of carbonyl (C=O) groups is 1. The van der Waals surface area contributed by atoms with E-state index in [1.54, 1.807) is 41.3 Å². The number of hydrogen-bond acceptors (Lipinski definition) is 4. The van der Waals surface area contributed by atoms with Crippen LogP contribution in [-0.2, 0) is 9.84 Å². The molecule has 0 aliphatic carbocycles. The molecule has 1 fully saturated rings. The van der Waals surface area contributed by atoms with E-state index in [0.717, 1.165) is 0 Å². The normalized spacial score (nSPS) is 20.6. The van der Waals surface area contributed by atoms with Gasteiger partial charge in [0.2, 0.25) is 0 Å². The molecule has 4 nitrogen and oxygen atoms in total. The average molecular weight is 404 g/mol. The molecule has 1 atom stereocenters. The molecular formula is C16H15Cl2NO3S2. The number of amides is 1. The molecule has 24 heavy (non-hydrogen) atoms. The molecule has 0 spiro atoms. The fourth-order valence-corrected chi connectivity index (χ4v) is 5.98. The number of carbonyl (C=O) groups excluding carboxylic acids is 1. The molecular weight excluding hydrogens is 389 g/mol. The van der Waals surface area contributed by atoms with Crippen LogP contribution in [0.4, 0.5) is 0 Å². The molecule has 0 saturated carbocycles. The van der Waals surface area contributed by atoms with Crippen molar-refractivity contribution in [3.63, 3.8) is 0 Å². The Hall–Kier alpha value is -1.08. The van der Waals surface area contributed by atoms with E-state index in [1.807, 2.05) is 0 Å². The molecule has 8 heteroatoms. The Morgan fingerprint density at radius 1 is 1.12 bits per heavy atom. The Labute approximate surface area is 154 Å². The molecule has 0 N–H and O–H groups in total. The van der Waals surface area contributed by atoms with Gasteiger partial charge in [0.25, 0.3) is 5.91 Å². The van der Waals surface area contributed by atoms with Crippen molar-refractivity contribution >= 4 is 50.3 Å². The summed E-state index contributed by atoms with van der Waals surface area (Å²) in [5, 5.41) is -0.244. The summed E-state index contributed by atoms with van der Waals surface area (Å²) in [5.41, 5.74) is 0.604. The van der Waals surface area contributed by atoms with Crippen molar-refractivity contribution in [1.82, 2.24) is 4.90 Å². The molecule has 0 radical (unpaired) electrons. The highest BCUT2D eigenvalue weighted by molar-refractivity contribution is 7.91. The second-order valence-corrected chi connectivity index (χ2v) is 9.99. The van der Waals surface area contributed by atoms with Gasteiger partial charge < -0.3 is 4.90 Å². The van der Waals surface area contributed by atoms with E-state index in [4.69, 9.17) is 23.2 Å². The summed E-state index contributed by atoms with van der Waals surface area (Å²) in [6.07, 6.45) is 0.330. The van der Waals surface area contributed by atoms with Gasteiger partial charge in [-0.3, -0.25) is 4.79 Å². The average Bonchev–Trinajstić information content (AvgIpc) is 2.90. The lowest BCUT2D eigenvalue weighted by Gasteiger charge is -2.19. The molecule has 2 aromatic rings. The fraction of sp³-hybridized carbons (Fsp3) is 0.312. The van der Waals surface area contributed by atoms with E-state index < -0.39 is 15.1 Å². The standard InChI is InChI=1S/C16H15Cl2NO3S2/c17-12-4-2-1-3-11(12)14-7-8-19(9-10-24(14,21)22)16(20)13-5-6-15(18)23-13/h1-6,14H,7-10H2/t14-/m0/s1. The van der Waals surface area contributed by atoms with E-state index in [-0.39, 0.29) is 18.2 Å². The predicted molar refractivity (Wildman–Crippen MR) is 97.8 cm³/mol. The van der Waals surface area contributed by atoms with Gasteiger partial charge in [0.15, 0.2) is 9.84 Å². The molecule has 1 aromatic heterocycles. The Morgan fingerprint density at radius 3 is 2.54 bits per heavy atom. The summed E-state index contributed by atoms with van der Waals surface area (Å²) in [6, 6.07) is 10.3. The van der Waals surface area contributed by atoms with Crippen LogP contribution in [0.15, 0.2) is 36.4 Å². The van der Waals surface area contributed by atoms with Crippen LogP contribution in [0.25, 0.3) is 0 Å². The second kappa shape index (κ2) is 7.04. The Balaban J connectivity index is 1.85. The quantitative estimate of drug-likeness (QED) is 0.759. The smallest absolute Gasteiger partial charge is 0.264 e. The Morgan fingerprint density at radius 2 is 1.88 bits per heavy atom. The maximum Gasteiger partial charge on any atom is 0.264 e. The number of benzene rings is 1. The Bertz CT molecular complexity index is 864. The highest BCUT2D eigenvalue weighted by Gasteiger charge is 2.34. The van der Waals surface area contributed by atoms with E-state index in [1.165, 1.54) is 11.3 Å². The summed E-state index contributed by atoms with van der Waals surface area (Å²) >= 11 is 13.3. The van der Waals surface area contributed by atoms with Crippen molar-refractivity contribution in [1.29, 1.82) is 0 Å². The minimum absolute atomic E-state index is 0.0757. The van der Waals surface area contributed by atoms with Gasteiger partial charge in [-0.05, 0) is 30.2 Å². The van der Waals surface area contributed by atoms with Gasteiger partial charge in [0.05, 0.1) is 20.2 Å². The zero-order valence-corrected chi connectivity index (χ0v) is 15.8. The van der Waals surface area contributed by atoms with Crippen molar-refractivity contribution in [2.24, 2.45) is 0 Å². The van der Waals surface area contributed by atoms with Crippen molar-refractivity contribution in [3.05, 3.63) is 56.2 Å². The number of rotatable bonds is 2. The number of sulfone groups is 1. The molecule has 1 aromatic carbocycles. The highest BCUT2D eigenvalue weighted by Crippen LogP contribution is 2.34. The summed E-state index contributed by atoms with van der Waals surface area (Å²) < 4.78 is 25.8. The molecule has 1 saturated heterocycles. The minimum atomic E-state index is -3.38. The van der Waals surface area contributed by atoms with Crippen LogP contribution >= 0.6 is 34.5 Å². The van der Waals surface area contributed by atoms with Crippen LogP contribution in [0.3, 0.4) is 0 Å². The maximum atomic E-state index is 12.6. The molecule has 0 unspecified atom stereocenters. The number of thiophene rings is 1.